The van der Waals surface area contributed by atoms with Crippen LogP contribution in [0.2, 0.25) is 0 Å². The Morgan fingerprint density at radius 1 is 1.12 bits per heavy atom. The summed E-state index contributed by atoms with van der Waals surface area (Å²) in [7, 11) is 2.22. The maximum absolute atomic E-state index is 10.5. The summed E-state index contributed by atoms with van der Waals surface area (Å²) >= 11 is 0. The zero-order valence-corrected chi connectivity index (χ0v) is 10.8. The quantitative estimate of drug-likeness (QED) is 0.738. The summed E-state index contributed by atoms with van der Waals surface area (Å²) in [6, 6.07) is 0. The van der Waals surface area contributed by atoms with Crippen molar-refractivity contribution in [1.29, 1.82) is 0 Å². The lowest BCUT2D eigenvalue weighted by Gasteiger charge is -2.35. The molecule has 3 aliphatic rings. The van der Waals surface area contributed by atoms with Crippen LogP contribution < -0.4 is 0 Å². The van der Waals surface area contributed by atoms with Crippen LogP contribution in [0.25, 0.3) is 0 Å². The number of β-amino-alcohol motifs (C(OH)–C–C–N with tert-alkyl or cyclic N) is 1. The summed E-state index contributed by atoms with van der Waals surface area (Å²) in [6.45, 7) is 7.13. The van der Waals surface area contributed by atoms with E-state index in [-0.39, 0.29) is 0 Å². The van der Waals surface area contributed by atoms with E-state index in [9.17, 15) is 5.11 Å². The van der Waals surface area contributed by atoms with Gasteiger partial charge in [-0.2, -0.15) is 0 Å². The number of hydrogen-bond acceptors (Lipinski definition) is 4. The molecule has 3 saturated heterocycles. The molecule has 3 heterocycles. The standard InChI is InChI=1S/C13H24N2O2/c1-14-6-11-8-15(9-12(11)7-14)10-13(16)2-4-17-5-3-13/h11-12,16H,2-10H2,1H3. The maximum Gasteiger partial charge on any atom is 0.0817 e. The van der Waals surface area contributed by atoms with Crippen molar-refractivity contribution < 1.29 is 9.84 Å². The van der Waals surface area contributed by atoms with Crippen molar-refractivity contribution in [1.82, 2.24) is 9.80 Å². The molecule has 0 aromatic carbocycles. The largest absolute Gasteiger partial charge is 0.388 e. The van der Waals surface area contributed by atoms with Crippen LogP contribution in [-0.2, 0) is 4.74 Å². The third-order valence-corrected chi connectivity index (χ3v) is 4.69. The molecule has 3 rings (SSSR count). The number of rotatable bonds is 2. The van der Waals surface area contributed by atoms with Gasteiger partial charge in [0.1, 0.15) is 0 Å². The predicted molar refractivity (Wildman–Crippen MR) is 65.9 cm³/mol. The summed E-state index contributed by atoms with van der Waals surface area (Å²) in [5.41, 5.74) is -0.483. The SMILES string of the molecule is CN1CC2CN(CC3(O)CCOCC3)CC2C1. The van der Waals surface area contributed by atoms with Crippen LogP contribution in [0.3, 0.4) is 0 Å². The van der Waals surface area contributed by atoms with Crippen LogP contribution >= 0.6 is 0 Å². The fraction of sp³-hybridized carbons (Fsp3) is 1.00. The van der Waals surface area contributed by atoms with Gasteiger partial charge in [-0.25, -0.2) is 0 Å². The van der Waals surface area contributed by atoms with Gasteiger partial charge in [0.15, 0.2) is 0 Å². The Balaban J connectivity index is 1.54. The highest BCUT2D eigenvalue weighted by Crippen LogP contribution is 2.32. The topological polar surface area (TPSA) is 35.9 Å². The van der Waals surface area contributed by atoms with Crippen LogP contribution in [0.1, 0.15) is 12.8 Å². The maximum atomic E-state index is 10.5. The average molecular weight is 240 g/mol. The van der Waals surface area contributed by atoms with Gasteiger partial charge in [-0.05, 0) is 18.9 Å². The number of ether oxygens (including phenoxy) is 1. The van der Waals surface area contributed by atoms with Gasteiger partial charge in [0.2, 0.25) is 0 Å². The van der Waals surface area contributed by atoms with Crippen molar-refractivity contribution in [3.8, 4) is 0 Å². The lowest BCUT2D eigenvalue weighted by molar-refractivity contribution is -0.0781. The fourth-order valence-corrected chi connectivity index (χ4v) is 3.78. The van der Waals surface area contributed by atoms with E-state index in [1.807, 2.05) is 0 Å². The van der Waals surface area contributed by atoms with Crippen molar-refractivity contribution in [2.75, 3.05) is 53.0 Å². The molecule has 0 amide bonds. The van der Waals surface area contributed by atoms with Crippen LogP contribution in [0.4, 0.5) is 0 Å². The van der Waals surface area contributed by atoms with E-state index < -0.39 is 5.60 Å². The van der Waals surface area contributed by atoms with Gasteiger partial charge in [0, 0.05) is 58.8 Å². The lowest BCUT2D eigenvalue weighted by atomic mass is 9.94. The Hall–Kier alpha value is -0.160. The molecule has 17 heavy (non-hydrogen) atoms. The molecular formula is C13H24N2O2. The van der Waals surface area contributed by atoms with Crippen molar-refractivity contribution in [3.63, 3.8) is 0 Å². The third kappa shape index (κ3) is 2.50. The molecule has 98 valence electrons. The molecule has 4 heteroatoms. The minimum absolute atomic E-state index is 0.483. The Bertz CT molecular complexity index is 265. The molecular weight excluding hydrogens is 216 g/mol. The van der Waals surface area contributed by atoms with E-state index in [1.54, 1.807) is 0 Å². The number of fused-ring (bicyclic) bond motifs is 1. The molecule has 0 aliphatic carbocycles. The smallest absolute Gasteiger partial charge is 0.0817 e. The van der Waals surface area contributed by atoms with Gasteiger partial charge < -0.3 is 14.7 Å². The van der Waals surface area contributed by atoms with Crippen molar-refractivity contribution in [2.45, 2.75) is 18.4 Å². The Morgan fingerprint density at radius 2 is 1.71 bits per heavy atom. The number of aliphatic hydroxyl groups is 1. The molecule has 4 nitrogen and oxygen atoms in total. The second-order valence-electron chi connectivity index (χ2n) is 6.27. The van der Waals surface area contributed by atoms with Gasteiger partial charge >= 0.3 is 0 Å². The van der Waals surface area contributed by atoms with E-state index in [1.165, 1.54) is 26.2 Å². The molecule has 0 saturated carbocycles. The third-order valence-electron chi connectivity index (χ3n) is 4.69. The number of hydrogen-bond donors (Lipinski definition) is 1. The summed E-state index contributed by atoms with van der Waals surface area (Å²) in [6.07, 6.45) is 1.61. The fourth-order valence-electron chi connectivity index (χ4n) is 3.78. The Morgan fingerprint density at radius 3 is 2.29 bits per heavy atom. The minimum Gasteiger partial charge on any atom is -0.388 e. The first-order chi connectivity index (χ1) is 8.15. The minimum atomic E-state index is -0.483. The van der Waals surface area contributed by atoms with Gasteiger partial charge in [-0.1, -0.05) is 0 Å². The second kappa shape index (κ2) is 4.50. The molecule has 0 aromatic heterocycles. The first-order valence-corrected chi connectivity index (χ1v) is 6.86. The summed E-state index contributed by atoms with van der Waals surface area (Å²) in [5.74, 6) is 1.67. The molecule has 0 aromatic rings. The first-order valence-electron chi connectivity index (χ1n) is 6.86. The van der Waals surface area contributed by atoms with Crippen molar-refractivity contribution in [3.05, 3.63) is 0 Å². The Labute approximate surface area is 104 Å². The van der Waals surface area contributed by atoms with Crippen LogP contribution in [0.5, 0.6) is 0 Å². The molecule has 2 atom stereocenters. The zero-order valence-electron chi connectivity index (χ0n) is 10.8. The van der Waals surface area contributed by atoms with E-state index in [0.29, 0.717) is 0 Å². The van der Waals surface area contributed by atoms with Crippen LogP contribution in [-0.4, -0.2) is 73.5 Å². The zero-order chi connectivity index (χ0) is 11.9. The normalized spacial score (nSPS) is 38.5. The van der Waals surface area contributed by atoms with E-state index in [0.717, 1.165) is 44.4 Å². The van der Waals surface area contributed by atoms with E-state index in [2.05, 4.69) is 16.8 Å². The summed E-state index contributed by atoms with van der Waals surface area (Å²) in [5, 5.41) is 10.5. The average Bonchev–Trinajstić information content (AvgIpc) is 2.74. The Kier molecular flexibility index (Phi) is 3.15. The highest BCUT2D eigenvalue weighted by Gasteiger charge is 2.41. The van der Waals surface area contributed by atoms with Gasteiger partial charge in [-0.3, -0.25) is 4.90 Å². The van der Waals surface area contributed by atoms with Crippen molar-refractivity contribution >= 4 is 0 Å². The molecule has 3 aliphatic heterocycles. The number of likely N-dealkylation sites (tertiary alicyclic amines) is 2. The molecule has 0 bridgehead atoms. The highest BCUT2D eigenvalue weighted by atomic mass is 16.5. The molecule has 0 radical (unpaired) electrons. The second-order valence-corrected chi connectivity index (χ2v) is 6.27. The summed E-state index contributed by atoms with van der Waals surface area (Å²) < 4.78 is 5.33. The van der Waals surface area contributed by atoms with Crippen LogP contribution in [0.15, 0.2) is 0 Å². The molecule has 0 spiro atoms. The van der Waals surface area contributed by atoms with E-state index >= 15 is 0 Å². The van der Waals surface area contributed by atoms with Crippen molar-refractivity contribution in [2.24, 2.45) is 11.8 Å². The predicted octanol–water partition coefficient (Wildman–Crippen LogP) is 0.0213. The van der Waals surface area contributed by atoms with Crippen LogP contribution in [0, 0.1) is 11.8 Å². The molecule has 3 fully saturated rings. The van der Waals surface area contributed by atoms with E-state index in [4.69, 9.17) is 4.74 Å². The van der Waals surface area contributed by atoms with Gasteiger partial charge in [0.25, 0.3) is 0 Å². The highest BCUT2D eigenvalue weighted by molar-refractivity contribution is 4.95. The van der Waals surface area contributed by atoms with Gasteiger partial charge in [-0.15, -0.1) is 0 Å². The monoisotopic (exact) mass is 240 g/mol. The molecule has 1 N–H and O–H groups in total. The van der Waals surface area contributed by atoms with Gasteiger partial charge in [0.05, 0.1) is 5.60 Å². The first kappa shape index (κ1) is 11.9. The summed E-state index contributed by atoms with van der Waals surface area (Å²) in [4.78, 5) is 4.92. The lowest BCUT2D eigenvalue weighted by Crippen LogP contribution is -2.46. The molecule has 2 unspecified atom stereocenters. The number of nitrogens with zero attached hydrogens (tertiary/aromatic N) is 2.